The zero-order valence-electron chi connectivity index (χ0n) is 14.6. The van der Waals surface area contributed by atoms with Crippen molar-refractivity contribution in [2.75, 3.05) is 26.7 Å². The number of nitrogens with zero attached hydrogens (tertiary/aromatic N) is 1. The van der Waals surface area contributed by atoms with E-state index in [0.29, 0.717) is 18.5 Å². The lowest BCUT2D eigenvalue weighted by Crippen LogP contribution is -2.45. The van der Waals surface area contributed by atoms with Crippen LogP contribution >= 0.6 is 0 Å². The maximum Gasteiger partial charge on any atom is 0.170 e. The second-order valence-corrected chi connectivity index (χ2v) is 7.41. The number of fused-ring (bicyclic) bond motifs is 1. The maximum absolute atomic E-state index is 14.5. The van der Waals surface area contributed by atoms with E-state index in [2.05, 4.69) is 4.90 Å². The SMILES string of the molecule is COc1ccc2cc(C(=O)C3CN(CC4CC4)CCC3F)ccc2c1. The predicted octanol–water partition coefficient (Wildman–Crippen LogP) is 4.10. The molecule has 0 radical (unpaired) electrons. The number of rotatable bonds is 5. The number of benzene rings is 2. The summed E-state index contributed by atoms with van der Waals surface area (Å²) in [5, 5.41) is 2.00. The molecule has 4 heteroatoms. The standard InChI is InChI=1S/C21H24FNO2/c1-25-18-7-6-15-10-17(5-4-16(15)11-18)21(24)19-13-23(9-8-20(19)22)12-14-2-3-14/h4-7,10-11,14,19-20H,2-3,8-9,12-13H2,1H3. The molecule has 1 saturated carbocycles. The topological polar surface area (TPSA) is 29.5 Å². The van der Waals surface area contributed by atoms with Gasteiger partial charge in [0, 0.05) is 25.2 Å². The number of Topliss-reactive ketones (excluding diaryl/α,β-unsaturated/α-hetero) is 1. The van der Waals surface area contributed by atoms with Crippen LogP contribution in [0, 0.1) is 11.8 Å². The number of halogens is 1. The van der Waals surface area contributed by atoms with E-state index in [0.717, 1.165) is 35.5 Å². The smallest absolute Gasteiger partial charge is 0.170 e. The van der Waals surface area contributed by atoms with Crippen molar-refractivity contribution in [3.05, 3.63) is 42.0 Å². The molecule has 132 valence electrons. The molecule has 0 amide bonds. The van der Waals surface area contributed by atoms with Crippen molar-refractivity contribution >= 4 is 16.6 Å². The molecule has 2 aromatic rings. The van der Waals surface area contributed by atoms with Crippen molar-refractivity contribution in [3.63, 3.8) is 0 Å². The van der Waals surface area contributed by atoms with Gasteiger partial charge in [-0.2, -0.15) is 0 Å². The summed E-state index contributed by atoms with van der Waals surface area (Å²) < 4.78 is 19.7. The minimum absolute atomic E-state index is 0.0642. The average molecular weight is 341 g/mol. The van der Waals surface area contributed by atoms with Gasteiger partial charge in [-0.3, -0.25) is 4.79 Å². The molecule has 2 unspecified atom stereocenters. The highest BCUT2D eigenvalue weighted by atomic mass is 19.1. The van der Waals surface area contributed by atoms with Gasteiger partial charge in [0.1, 0.15) is 11.9 Å². The minimum atomic E-state index is -1.03. The number of methoxy groups -OCH3 is 1. The lowest BCUT2D eigenvalue weighted by molar-refractivity contribution is 0.0590. The average Bonchev–Trinajstić information content (AvgIpc) is 3.46. The Bertz CT molecular complexity index is 787. The van der Waals surface area contributed by atoms with Gasteiger partial charge < -0.3 is 9.64 Å². The molecule has 2 fully saturated rings. The van der Waals surface area contributed by atoms with Crippen LogP contribution in [0.2, 0.25) is 0 Å². The fourth-order valence-corrected chi connectivity index (χ4v) is 3.79. The highest BCUT2D eigenvalue weighted by Gasteiger charge is 2.36. The Morgan fingerprint density at radius 3 is 2.68 bits per heavy atom. The number of carbonyl (C=O) groups excluding carboxylic acids is 1. The van der Waals surface area contributed by atoms with E-state index in [1.54, 1.807) is 7.11 Å². The predicted molar refractivity (Wildman–Crippen MR) is 97.0 cm³/mol. The van der Waals surface area contributed by atoms with E-state index in [-0.39, 0.29) is 5.78 Å². The molecule has 0 bridgehead atoms. The summed E-state index contributed by atoms with van der Waals surface area (Å²) in [7, 11) is 1.64. The highest BCUT2D eigenvalue weighted by Crippen LogP contribution is 2.32. The summed E-state index contributed by atoms with van der Waals surface area (Å²) in [5.74, 6) is 0.954. The van der Waals surface area contributed by atoms with Gasteiger partial charge in [0.25, 0.3) is 0 Å². The van der Waals surface area contributed by atoms with Crippen LogP contribution in [0.4, 0.5) is 4.39 Å². The highest BCUT2D eigenvalue weighted by molar-refractivity contribution is 6.02. The van der Waals surface area contributed by atoms with E-state index in [1.165, 1.54) is 12.8 Å². The monoisotopic (exact) mass is 341 g/mol. The Balaban J connectivity index is 1.54. The Morgan fingerprint density at radius 2 is 1.92 bits per heavy atom. The number of ketones is 1. The molecule has 3 nitrogen and oxygen atoms in total. The van der Waals surface area contributed by atoms with Gasteiger partial charge in [0.05, 0.1) is 13.0 Å². The Labute approximate surface area is 147 Å². The van der Waals surface area contributed by atoms with Crippen LogP contribution in [0.15, 0.2) is 36.4 Å². The van der Waals surface area contributed by atoms with Crippen LogP contribution in [0.25, 0.3) is 10.8 Å². The summed E-state index contributed by atoms with van der Waals surface area (Å²) in [5.41, 5.74) is 0.610. The van der Waals surface area contributed by atoms with Gasteiger partial charge in [0.15, 0.2) is 5.78 Å². The second kappa shape index (κ2) is 6.75. The largest absolute Gasteiger partial charge is 0.497 e. The van der Waals surface area contributed by atoms with Gasteiger partial charge in [-0.25, -0.2) is 4.39 Å². The number of hydrogen-bond donors (Lipinski definition) is 0. The van der Waals surface area contributed by atoms with Gasteiger partial charge in [-0.05, 0) is 54.2 Å². The molecule has 25 heavy (non-hydrogen) atoms. The molecular formula is C21H24FNO2. The van der Waals surface area contributed by atoms with Crippen molar-refractivity contribution < 1.29 is 13.9 Å². The summed E-state index contributed by atoms with van der Waals surface area (Å²) in [4.78, 5) is 15.2. The first-order chi connectivity index (χ1) is 12.1. The van der Waals surface area contributed by atoms with Crippen LogP contribution in [-0.2, 0) is 0 Å². The summed E-state index contributed by atoms with van der Waals surface area (Å²) in [6, 6.07) is 11.4. The zero-order valence-corrected chi connectivity index (χ0v) is 14.6. The molecule has 1 heterocycles. The summed E-state index contributed by atoms with van der Waals surface area (Å²) in [6.45, 7) is 2.35. The van der Waals surface area contributed by atoms with Gasteiger partial charge in [-0.1, -0.05) is 18.2 Å². The number of ether oxygens (including phenoxy) is 1. The minimum Gasteiger partial charge on any atom is -0.497 e. The van der Waals surface area contributed by atoms with E-state index < -0.39 is 12.1 Å². The van der Waals surface area contributed by atoms with E-state index in [9.17, 15) is 9.18 Å². The van der Waals surface area contributed by atoms with Crippen LogP contribution in [0.1, 0.15) is 29.6 Å². The molecule has 2 aliphatic rings. The lowest BCUT2D eigenvalue weighted by Gasteiger charge is -2.34. The molecule has 0 N–H and O–H groups in total. The van der Waals surface area contributed by atoms with E-state index >= 15 is 0 Å². The Morgan fingerprint density at radius 1 is 1.16 bits per heavy atom. The third kappa shape index (κ3) is 3.54. The first-order valence-corrected chi connectivity index (χ1v) is 9.12. The number of alkyl halides is 1. The second-order valence-electron chi connectivity index (χ2n) is 7.41. The van der Waals surface area contributed by atoms with Gasteiger partial charge in [-0.15, -0.1) is 0 Å². The van der Waals surface area contributed by atoms with Crippen molar-refractivity contribution in [1.29, 1.82) is 0 Å². The fourth-order valence-electron chi connectivity index (χ4n) is 3.79. The first-order valence-electron chi connectivity index (χ1n) is 9.12. The quantitative estimate of drug-likeness (QED) is 0.767. The first kappa shape index (κ1) is 16.5. The molecule has 0 aromatic heterocycles. The summed E-state index contributed by atoms with van der Waals surface area (Å²) >= 11 is 0. The van der Waals surface area contributed by atoms with E-state index in [1.807, 2.05) is 36.4 Å². The normalized spacial score (nSPS) is 24.4. The Hall–Kier alpha value is -1.94. The third-order valence-corrected chi connectivity index (χ3v) is 5.49. The fraction of sp³-hybridized carbons (Fsp3) is 0.476. The van der Waals surface area contributed by atoms with Gasteiger partial charge >= 0.3 is 0 Å². The summed E-state index contributed by atoms with van der Waals surface area (Å²) in [6.07, 6.45) is 1.99. The number of hydrogen-bond acceptors (Lipinski definition) is 3. The zero-order chi connectivity index (χ0) is 17.4. The lowest BCUT2D eigenvalue weighted by atomic mass is 9.87. The van der Waals surface area contributed by atoms with Crippen LogP contribution in [0.3, 0.4) is 0 Å². The maximum atomic E-state index is 14.5. The van der Waals surface area contributed by atoms with Crippen molar-refractivity contribution in [1.82, 2.24) is 4.90 Å². The molecule has 2 atom stereocenters. The van der Waals surface area contributed by atoms with Gasteiger partial charge in [0.2, 0.25) is 0 Å². The van der Waals surface area contributed by atoms with Crippen LogP contribution < -0.4 is 4.74 Å². The van der Waals surface area contributed by atoms with Crippen molar-refractivity contribution in [3.8, 4) is 5.75 Å². The van der Waals surface area contributed by atoms with Crippen molar-refractivity contribution in [2.24, 2.45) is 11.8 Å². The number of likely N-dealkylation sites (tertiary alicyclic amines) is 1. The molecule has 1 aliphatic heterocycles. The van der Waals surface area contributed by atoms with Crippen molar-refractivity contribution in [2.45, 2.75) is 25.4 Å². The number of carbonyl (C=O) groups is 1. The van der Waals surface area contributed by atoms with Crippen LogP contribution in [-0.4, -0.2) is 43.6 Å². The third-order valence-electron chi connectivity index (χ3n) is 5.49. The molecular weight excluding hydrogens is 317 g/mol. The van der Waals surface area contributed by atoms with E-state index in [4.69, 9.17) is 4.74 Å². The molecule has 1 aliphatic carbocycles. The molecule has 2 aromatic carbocycles. The van der Waals surface area contributed by atoms with Crippen LogP contribution in [0.5, 0.6) is 5.75 Å². The number of piperidine rings is 1. The molecule has 4 rings (SSSR count). The molecule has 1 saturated heterocycles. The molecule has 0 spiro atoms. The Kier molecular flexibility index (Phi) is 4.46.